The van der Waals surface area contributed by atoms with Crippen LogP contribution in [0.1, 0.15) is 17.7 Å². The Labute approximate surface area is 132 Å². The molecule has 3 N–H and O–H groups in total. The molecule has 2 rings (SSSR count). The number of primary amides is 1. The number of carbonyl (C=O) groups excluding carboxylic acids is 1. The van der Waals surface area contributed by atoms with Crippen molar-refractivity contribution in [1.82, 2.24) is 15.0 Å². The van der Waals surface area contributed by atoms with Crippen molar-refractivity contribution in [2.24, 2.45) is 5.73 Å². The summed E-state index contributed by atoms with van der Waals surface area (Å²) >= 11 is 0. The van der Waals surface area contributed by atoms with Gasteiger partial charge in [-0.05, 0) is 18.4 Å². The number of nitro groups is 1. The van der Waals surface area contributed by atoms with Crippen molar-refractivity contribution in [2.45, 2.75) is 19.4 Å². The second kappa shape index (κ2) is 7.90. The molecule has 0 saturated heterocycles. The normalized spacial score (nSPS) is 10.4. The summed E-state index contributed by atoms with van der Waals surface area (Å²) in [6, 6.07) is 5.69. The van der Waals surface area contributed by atoms with E-state index < -0.39 is 11.0 Å². The molecule has 0 atom stereocenters. The lowest BCUT2D eigenvalue weighted by Gasteiger charge is -2.02. The van der Waals surface area contributed by atoms with Crippen LogP contribution in [0.5, 0.6) is 0 Å². The highest BCUT2D eigenvalue weighted by Crippen LogP contribution is 2.13. The highest BCUT2D eigenvalue weighted by Gasteiger charge is 2.05. The summed E-state index contributed by atoms with van der Waals surface area (Å²) in [5, 5.41) is 10.6. The Hall–Kier alpha value is -2.94. The SMILES string of the molecule is NC(=O)NOCCCc1cn(Cc2ccc([N+](=O)[O-])cc2)cn1. The maximum absolute atomic E-state index is 10.6. The summed E-state index contributed by atoms with van der Waals surface area (Å²) in [5.41, 5.74) is 8.83. The monoisotopic (exact) mass is 319 g/mol. The van der Waals surface area contributed by atoms with Crippen LogP contribution in [0, 0.1) is 10.1 Å². The summed E-state index contributed by atoms with van der Waals surface area (Å²) in [6.45, 7) is 0.933. The molecule has 0 aliphatic carbocycles. The van der Waals surface area contributed by atoms with Crippen LogP contribution in [-0.2, 0) is 17.8 Å². The Balaban J connectivity index is 1.80. The second-order valence-electron chi connectivity index (χ2n) is 4.88. The molecule has 0 aliphatic heterocycles. The first-order valence-electron chi connectivity index (χ1n) is 6.96. The number of aromatic nitrogens is 2. The van der Waals surface area contributed by atoms with Crippen LogP contribution in [0.2, 0.25) is 0 Å². The van der Waals surface area contributed by atoms with E-state index in [9.17, 15) is 14.9 Å². The minimum Gasteiger partial charge on any atom is -0.350 e. The number of benzene rings is 1. The Morgan fingerprint density at radius 2 is 2.13 bits per heavy atom. The zero-order chi connectivity index (χ0) is 16.7. The highest BCUT2D eigenvalue weighted by molar-refractivity contribution is 5.70. The molecule has 1 heterocycles. The van der Waals surface area contributed by atoms with Gasteiger partial charge in [-0.3, -0.25) is 15.0 Å². The van der Waals surface area contributed by atoms with Gasteiger partial charge in [0.05, 0.1) is 23.6 Å². The fourth-order valence-corrected chi connectivity index (χ4v) is 2.00. The fourth-order valence-electron chi connectivity index (χ4n) is 2.00. The van der Waals surface area contributed by atoms with E-state index in [-0.39, 0.29) is 5.69 Å². The average Bonchev–Trinajstić information content (AvgIpc) is 2.94. The molecule has 2 aromatic rings. The third-order valence-electron chi connectivity index (χ3n) is 3.05. The molecule has 0 aliphatic rings. The van der Waals surface area contributed by atoms with Gasteiger partial charge in [-0.25, -0.2) is 15.3 Å². The average molecular weight is 319 g/mol. The Kier molecular flexibility index (Phi) is 5.64. The van der Waals surface area contributed by atoms with Crippen molar-refractivity contribution in [3.05, 3.63) is 58.2 Å². The van der Waals surface area contributed by atoms with Gasteiger partial charge >= 0.3 is 6.03 Å². The first kappa shape index (κ1) is 16.4. The summed E-state index contributed by atoms with van der Waals surface area (Å²) in [7, 11) is 0. The fraction of sp³-hybridized carbons (Fsp3) is 0.286. The minimum absolute atomic E-state index is 0.0737. The van der Waals surface area contributed by atoms with Gasteiger partial charge < -0.3 is 10.3 Å². The first-order chi connectivity index (χ1) is 11.0. The smallest absolute Gasteiger partial charge is 0.336 e. The summed E-state index contributed by atoms with van der Waals surface area (Å²) in [5.74, 6) is 0. The highest BCUT2D eigenvalue weighted by atomic mass is 16.7. The number of carbonyl (C=O) groups is 1. The maximum atomic E-state index is 10.6. The quantitative estimate of drug-likeness (QED) is 0.432. The molecule has 0 unspecified atom stereocenters. The molecule has 1 aromatic heterocycles. The number of non-ortho nitro benzene ring substituents is 1. The molecule has 1 aromatic carbocycles. The third-order valence-corrected chi connectivity index (χ3v) is 3.05. The number of hydroxylamine groups is 1. The molecule has 0 bridgehead atoms. The maximum Gasteiger partial charge on any atom is 0.336 e. The first-order valence-corrected chi connectivity index (χ1v) is 6.96. The van der Waals surface area contributed by atoms with Gasteiger partial charge in [0.15, 0.2) is 0 Å². The molecule has 122 valence electrons. The zero-order valence-electron chi connectivity index (χ0n) is 12.3. The van der Waals surface area contributed by atoms with Crippen molar-refractivity contribution in [2.75, 3.05) is 6.61 Å². The number of nitrogens with two attached hydrogens (primary N) is 1. The number of rotatable bonds is 8. The predicted molar refractivity (Wildman–Crippen MR) is 81.4 cm³/mol. The molecule has 9 nitrogen and oxygen atoms in total. The molecule has 23 heavy (non-hydrogen) atoms. The van der Waals surface area contributed by atoms with E-state index in [1.165, 1.54) is 12.1 Å². The number of nitrogens with zero attached hydrogens (tertiary/aromatic N) is 3. The number of imidazole rings is 1. The van der Waals surface area contributed by atoms with Gasteiger partial charge in [0.2, 0.25) is 0 Å². The standard InChI is InChI=1S/C14H17N5O4/c15-14(20)17-23-7-1-2-12-9-18(10-16-12)8-11-3-5-13(6-4-11)19(21)22/h3-6,9-10H,1-2,7-8H2,(H3,15,17,20). The van der Waals surface area contributed by atoms with E-state index in [1.54, 1.807) is 18.5 Å². The summed E-state index contributed by atoms with van der Waals surface area (Å²) in [4.78, 5) is 29.7. The number of hydrogen-bond donors (Lipinski definition) is 2. The Bertz CT molecular complexity index is 668. The molecule has 0 spiro atoms. The zero-order valence-corrected chi connectivity index (χ0v) is 12.3. The molecular weight excluding hydrogens is 302 g/mol. The van der Waals surface area contributed by atoms with Crippen LogP contribution in [0.3, 0.4) is 0 Å². The molecule has 0 saturated carbocycles. The van der Waals surface area contributed by atoms with Crippen molar-refractivity contribution in [3.8, 4) is 0 Å². The van der Waals surface area contributed by atoms with E-state index in [2.05, 4.69) is 4.98 Å². The number of hydrogen-bond acceptors (Lipinski definition) is 5. The molecule has 0 radical (unpaired) electrons. The van der Waals surface area contributed by atoms with Crippen LogP contribution >= 0.6 is 0 Å². The van der Waals surface area contributed by atoms with E-state index >= 15 is 0 Å². The van der Waals surface area contributed by atoms with E-state index in [0.717, 1.165) is 11.3 Å². The second-order valence-corrected chi connectivity index (χ2v) is 4.88. The Morgan fingerprint density at radius 3 is 2.78 bits per heavy atom. The number of nitrogens with one attached hydrogen (secondary N) is 1. The predicted octanol–water partition coefficient (Wildman–Crippen LogP) is 1.37. The minimum atomic E-state index is -0.725. The van der Waals surface area contributed by atoms with Crippen molar-refractivity contribution >= 4 is 11.7 Å². The number of urea groups is 1. The Morgan fingerprint density at radius 1 is 1.39 bits per heavy atom. The van der Waals surface area contributed by atoms with Crippen molar-refractivity contribution < 1.29 is 14.6 Å². The molecule has 2 amide bonds. The van der Waals surface area contributed by atoms with Crippen LogP contribution in [-0.4, -0.2) is 27.1 Å². The van der Waals surface area contributed by atoms with Crippen molar-refractivity contribution in [1.29, 1.82) is 0 Å². The van der Waals surface area contributed by atoms with Gasteiger partial charge in [-0.2, -0.15) is 0 Å². The third kappa shape index (κ3) is 5.40. The lowest BCUT2D eigenvalue weighted by atomic mass is 10.2. The van der Waals surface area contributed by atoms with Crippen LogP contribution in [0.15, 0.2) is 36.8 Å². The lowest BCUT2D eigenvalue weighted by molar-refractivity contribution is -0.384. The van der Waals surface area contributed by atoms with Gasteiger partial charge in [0.25, 0.3) is 5.69 Å². The van der Waals surface area contributed by atoms with E-state index in [4.69, 9.17) is 10.6 Å². The number of amides is 2. The molecule has 0 fully saturated rings. The topological polar surface area (TPSA) is 125 Å². The van der Waals surface area contributed by atoms with Gasteiger partial charge in [0.1, 0.15) is 0 Å². The van der Waals surface area contributed by atoms with Gasteiger partial charge in [-0.15, -0.1) is 0 Å². The number of aryl methyl sites for hydroxylation is 1. The van der Waals surface area contributed by atoms with E-state index in [1.807, 2.05) is 16.2 Å². The number of nitro benzene ring substituents is 1. The van der Waals surface area contributed by atoms with E-state index in [0.29, 0.717) is 26.0 Å². The lowest BCUT2D eigenvalue weighted by Crippen LogP contribution is -2.29. The summed E-state index contributed by atoms with van der Waals surface area (Å²) in [6.07, 6.45) is 5.00. The summed E-state index contributed by atoms with van der Waals surface area (Å²) < 4.78 is 1.90. The van der Waals surface area contributed by atoms with Crippen molar-refractivity contribution in [3.63, 3.8) is 0 Å². The largest absolute Gasteiger partial charge is 0.350 e. The molecule has 9 heteroatoms. The van der Waals surface area contributed by atoms with Gasteiger partial charge in [-0.1, -0.05) is 12.1 Å². The van der Waals surface area contributed by atoms with Crippen LogP contribution in [0.4, 0.5) is 10.5 Å². The molecular formula is C14H17N5O4. The van der Waals surface area contributed by atoms with Crippen LogP contribution in [0.25, 0.3) is 0 Å². The van der Waals surface area contributed by atoms with Gasteiger partial charge in [0, 0.05) is 24.9 Å². The van der Waals surface area contributed by atoms with Crippen LogP contribution < -0.4 is 11.2 Å².